The smallest absolute Gasteiger partial charge is 0.250 e. The van der Waals surface area contributed by atoms with E-state index in [1.807, 2.05) is 12.4 Å². The van der Waals surface area contributed by atoms with Crippen LogP contribution in [0.4, 0.5) is 0 Å². The number of nitrogens with one attached hydrogen (secondary N) is 2. The van der Waals surface area contributed by atoms with Crippen molar-refractivity contribution in [3.8, 4) is 0 Å². The highest BCUT2D eigenvalue weighted by molar-refractivity contribution is 7.91. The molecule has 1 aromatic heterocycles. The van der Waals surface area contributed by atoms with Gasteiger partial charge in [0.15, 0.2) is 0 Å². The SMILES string of the molecule is CCC1CCCC(NS(=O)(=O)c2cc(CNC)cs2)C1. The van der Waals surface area contributed by atoms with E-state index in [0.717, 1.165) is 31.2 Å². The molecule has 0 bridgehead atoms. The Morgan fingerprint density at radius 3 is 2.90 bits per heavy atom. The molecule has 114 valence electrons. The molecule has 1 aliphatic rings. The van der Waals surface area contributed by atoms with E-state index in [4.69, 9.17) is 0 Å². The first-order valence-corrected chi connectivity index (χ1v) is 9.65. The third-order valence-corrected chi connectivity index (χ3v) is 6.97. The third-order valence-electron chi connectivity index (χ3n) is 3.96. The second-order valence-corrected chi connectivity index (χ2v) is 8.42. The van der Waals surface area contributed by atoms with Crippen LogP contribution in [-0.2, 0) is 16.6 Å². The van der Waals surface area contributed by atoms with Crippen LogP contribution in [0.25, 0.3) is 0 Å². The number of hydrogen-bond acceptors (Lipinski definition) is 4. The summed E-state index contributed by atoms with van der Waals surface area (Å²) in [5.74, 6) is 0.666. The monoisotopic (exact) mass is 316 g/mol. The van der Waals surface area contributed by atoms with Gasteiger partial charge in [-0.1, -0.05) is 26.2 Å². The van der Waals surface area contributed by atoms with Crippen molar-refractivity contribution in [3.63, 3.8) is 0 Å². The van der Waals surface area contributed by atoms with Crippen molar-refractivity contribution >= 4 is 21.4 Å². The van der Waals surface area contributed by atoms with Crippen molar-refractivity contribution in [2.75, 3.05) is 7.05 Å². The fraction of sp³-hybridized carbons (Fsp3) is 0.714. The highest BCUT2D eigenvalue weighted by Crippen LogP contribution is 2.28. The molecule has 0 radical (unpaired) electrons. The molecular formula is C14H24N2O2S2. The average molecular weight is 316 g/mol. The van der Waals surface area contributed by atoms with E-state index in [0.29, 0.717) is 16.7 Å². The maximum absolute atomic E-state index is 12.4. The average Bonchev–Trinajstić information content (AvgIpc) is 2.88. The summed E-state index contributed by atoms with van der Waals surface area (Å²) in [7, 11) is -1.49. The molecule has 2 rings (SSSR count). The maximum atomic E-state index is 12.4. The van der Waals surface area contributed by atoms with Crippen molar-refractivity contribution in [1.82, 2.24) is 10.0 Å². The van der Waals surface area contributed by atoms with Gasteiger partial charge in [-0.25, -0.2) is 13.1 Å². The number of thiophene rings is 1. The molecule has 1 aliphatic carbocycles. The summed E-state index contributed by atoms with van der Waals surface area (Å²) in [6.07, 6.45) is 5.44. The fourth-order valence-electron chi connectivity index (χ4n) is 2.84. The summed E-state index contributed by atoms with van der Waals surface area (Å²) in [5.41, 5.74) is 1.02. The molecule has 0 aromatic carbocycles. The molecule has 4 nitrogen and oxygen atoms in total. The van der Waals surface area contributed by atoms with Gasteiger partial charge < -0.3 is 5.32 Å². The zero-order valence-electron chi connectivity index (χ0n) is 12.2. The summed E-state index contributed by atoms with van der Waals surface area (Å²) in [6, 6.07) is 1.87. The molecule has 1 saturated carbocycles. The predicted molar refractivity (Wildman–Crippen MR) is 83.4 cm³/mol. The minimum atomic E-state index is -3.35. The lowest BCUT2D eigenvalue weighted by atomic mass is 9.85. The Kier molecular flexibility index (Phi) is 5.60. The molecule has 20 heavy (non-hydrogen) atoms. The quantitative estimate of drug-likeness (QED) is 0.848. The van der Waals surface area contributed by atoms with Gasteiger partial charge in [-0.15, -0.1) is 11.3 Å². The van der Waals surface area contributed by atoms with Gasteiger partial charge in [0.05, 0.1) is 0 Å². The van der Waals surface area contributed by atoms with Gasteiger partial charge in [0.1, 0.15) is 4.21 Å². The molecule has 0 amide bonds. The molecule has 1 fully saturated rings. The maximum Gasteiger partial charge on any atom is 0.250 e. The van der Waals surface area contributed by atoms with Crippen molar-refractivity contribution < 1.29 is 8.42 Å². The van der Waals surface area contributed by atoms with Gasteiger partial charge in [-0.05, 0) is 42.8 Å². The fourth-order valence-corrected chi connectivity index (χ4v) is 5.35. The van der Waals surface area contributed by atoms with Crippen LogP contribution in [0, 0.1) is 5.92 Å². The summed E-state index contributed by atoms with van der Waals surface area (Å²) >= 11 is 1.30. The van der Waals surface area contributed by atoms with Crippen molar-refractivity contribution in [2.45, 2.75) is 55.8 Å². The van der Waals surface area contributed by atoms with Crippen LogP contribution in [0.15, 0.2) is 15.7 Å². The van der Waals surface area contributed by atoms with Crippen molar-refractivity contribution in [1.29, 1.82) is 0 Å². The highest BCUT2D eigenvalue weighted by atomic mass is 32.2. The molecule has 2 unspecified atom stereocenters. The molecule has 1 heterocycles. The lowest BCUT2D eigenvalue weighted by molar-refractivity contribution is 0.301. The second-order valence-electron chi connectivity index (χ2n) is 5.56. The zero-order valence-corrected chi connectivity index (χ0v) is 13.8. The zero-order chi connectivity index (χ0) is 14.6. The van der Waals surface area contributed by atoms with Gasteiger partial charge in [-0.3, -0.25) is 0 Å². The molecule has 6 heteroatoms. The van der Waals surface area contributed by atoms with E-state index in [-0.39, 0.29) is 6.04 Å². The summed E-state index contributed by atoms with van der Waals surface area (Å²) < 4.78 is 28.1. The normalized spacial score (nSPS) is 23.9. The van der Waals surface area contributed by atoms with Gasteiger partial charge >= 0.3 is 0 Å². The largest absolute Gasteiger partial charge is 0.316 e. The molecule has 0 spiro atoms. The van der Waals surface area contributed by atoms with Gasteiger partial charge in [0.2, 0.25) is 10.0 Å². The minimum absolute atomic E-state index is 0.105. The predicted octanol–water partition coefficient (Wildman–Crippen LogP) is 2.71. The minimum Gasteiger partial charge on any atom is -0.316 e. The Bertz CT molecular complexity index is 525. The lowest BCUT2D eigenvalue weighted by Crippen LogP contribution is -2.38. The van der Waals surface area contributed by atoms with Gasteiger partial charge in [0, 0.05) is 12.6 Å². The first kappa shape index (κ1) is 15.9. The van der Waals surface area contributed by atoms with E-state index in [1.165, 1.54) is 17.8 Å². The summed E-state index contributed by atoms with van der Waals surface area (Å²) in [5, 5.41) is 4.94. The second kappa shape index (κ2) is 7.02. The van der Waals surface area contributed by atoms with Crippen LogP contribution in [-0.4, -0.2) is 21.5 Å². The first-order chi connectivity index (χ1) is 9.55. The molecule has 0 saturated heterocycles. The van der Waals surface area contributed by atoms with E-state index in [1.54, 1.807) is 6.07 Å². The highest BCUT2D eigenvalue weighted by Gasteiger charge is 2.26. The van der Waals surface area contributed by atoms with Crippen LogP contribution in [0.2, 0.25) is 0 Å². The first-order valence-electron chi connectivity index (χ1n) is 7.29. The van der Waals surface area contributed by atoms with Crippen LogP contribution in [0.5, 0.6) is 0 Å². The van der Waals surface area contributed by atoms with Gasteiger partial charge in [0.25, 0.3) is 0 Å². The number of rotatable bonds is 6. The van der Waals surface area contributed by atoms with E-state index in [9.17, 15) is 8.42 Å². The van der Waals surface area contributed by atoms with E-state index >= 15 is 0 Å². The van der Waals surface area contributed by atoms with Crippen LogP contribution < -0.4 is 10.0 Å². The standard InChI is InChI=1S/C14H24N2O2S2/c1-3-11-5-4-6-13(7-11)16-20(17,18)14-8-12(9-15-2)10-19-14/h8,10-11,13,15-16H,3-7,9H2,1-2H3. The topological polar surface area (TPSA) is 58.2 Å². The molecule has 1 aromatic rings. The Hall–Kier alpha value is -0.430. The molecular weight excluding hydrogens is 292 g/mol. The molecule has 2 N–H and O–H groups in total. The lowest BCUT2D eigenvalue weighted by Gasteiger charge is -2.28. The third kappa shape index (κ3) is 4.04. The molecule has 0 aliphatic heterocycles. The Balaban J connectivity index is 2.02. The number of sulfonamides is 1. The van der Waals surface area contributed by atoms with Crippen molar-refractivity contribution in [2.24, 2.45) is 5.92 Å². The summed E-state index contributed by atoms with van der Waals surface area (Å²) in [6.45, 7) is 2.89. The Morgan fingerprint density at radius 1 is 1.40 bits per heavy atom. The summed E-state index contributed by atoms with van der Waals surface area (Å²) in [4.78, 5) is 0. The van der Waals surface area contributed by atoms with Gasteiger partial charge in [-0.2, -0.15) is 0 Å². The Labute approximate surface area is 126 Å². The van der Waals surface area contributed by atoms with Crippen LogP contribution >= 0.6 is 11.3 Å². The molecule has 2 atom stereocenters. The number of hydrogen-bond donors (Lipinski definition) is 2. The van der Waals surface area contributed by atoms with Crippen molar-refractivity contribution in [3.05, 3.63) is 17.0 Å². The Morgan fingerprint density at radius 2 is 2.20 bits per heavy atom. The van der Waals surface area contributed by atoms with E-state index in [2.05, 4.69) is 17.0 Å². The van der Waals surface area contributed by atoms with Crippen LogP contribution in [0.1, 0.15) is 44.6 Å². The van der Waals surface area contributed by atoms with Crippen LogP contribution in [0.3, 0.4) is 0 Å². The van der Waals surface area contributed by atoms with E-state index < -0.39 is 10.0 Å².